The first kappa shape index (κ1) is 24.6. The van der Waals surface area contributed by atoms with Crippen molar-refractivity contribution in [1.29, 1.82) is 0 Å². The number of anilines is 1. The van der Waals surface area contributed by atoms with Crippen molar-refractivity contribution in [3.05, 3.63) is 89.2 Å². The van der Waals surface area contributed by atoms with Gasteiger partial charge < -0.3 is 24.2 Å². The largest absolute Gasteiger partial charge is 0.493 e. The summed E-state index contributed by atoms with van der Waals surface area (Å²) in [6.45, 7) is 2.35. The van der Waals surface area contributed by atoms with Crippen LogP contribution in [0.1, 0.15) is 33.4 Å². The number of hydrogen-bond donors (Lipinski definition) is 0. The number of rotatable bonds is 5. The number of carbonyl (C=O) groups is 2. The molecule has 2 heterocycles. The van der Waals surface area contributed by atoms with Crippen LogP contribution in [-0.2, 0) is 4.79 Å². The number of carbonyl (C=O) groups excluding carboxylic acids is 2. The third-order valence-corrected chi connectivity index (χ3v) is 7.38. The van der Waals surface area contributed by atoms with Gasteiger partial charge in [-0.15, -0.1) is 0 Å². The maximum absolute atomic E-state index is 14.2. The van der Waals surface area contributed by atoms with Crippen molar-refractivity contribution in [3.63, 3.8) is 0 Å². The molecule has 0 saturated carbocycles. The van der Waals surface area contributed by atoms with Crippen molar-refractivity contribution in [2.45, 2.75) is 12.0 Å². The molecule has 2 aliphatic heterocycles. The Morgan fingerprint density at radius 1 is 0.892 bits per heavy atom. The number of halogens is 1. The second-order valence-electron chi connectivity index (χ2n) is 9.33. The molecule has 2 atom stereocenters. The van der Waals surface area contributed by atoms with Gasteiger partial charge in [-0.05, 0) is 53.6 Å². The predicted octanol–water partition coefficient (Wildman–Crippen LogP) is 4.10. The average molecular weight is 504 g/mol. The van der Waals surface area contributed by atoms with Crippen LogP contribution in [0.3, 0.4) is 0 Å². The molecule has 37 heavy (non-hydrogen) atoms. The summed E-state index contributed by atoms with van der Waals surface area (Å²) in [7, 11) is 4.88. The fourth-order valence-corrected chi connectivity index (χ4v) is 5.43. The summed E-state index contributed by atoms with van der Waals surface area (Å²) in [6, 6.07) is 18.8. The fraction of sp³-hybridized carbons (Fsp3) is 0.310. The molecule has 5 rings (SSSR count). The maximum atomic E-state index is 14.2. The minimum Gasteiger partial charge on any atom is -0.493 e. The van der Waals surface area contributed by atoms with Crippen molar-refractivity contribution in [2.75, 3.05) is 52.3 Å². The number of likely N-dealkylation sites (N-methyl/N-ethyl adjacent to an activating group) is 1. The Morgan fingerprint density at radius 3 is 2.24 bits per heavy atom. The first-order valence-electron chi connectivity index (χ1n) is 12.3. The van der Waals surface area contributed by atoms with Crippen molar-refractivity contribution in [3.8, 4) is 11.5 Å². The second kappa shape index (κ2) is 10.1. The zero-order valence-corrected chi connectivity index (χ0v) is 21.2. The number of benzene rings is 3. The molecule has 2 aliphatic rings. The monoisotopic (exact) mass is 503 g/mol. The molecule has 3 aromatic rings. The van der Waals surface area contributed by atoms with Gasteiger partial charge in [0.15, 0.2) is 11.5 Å². The van der Waals surface area contributed by atoms with E-state index in [9.17, 15) is 14.0 Å². The molecule has 7 nitrogen and oxygen atoms in total. The zero-order chi connectivity index (χ0) is 26.1. The van der Waals surface area contributed by atoms with Crippen molar-refractivity contribution >= 4 is 17.5 Å². The Hall–Kier alpha value is -4.07. The summed E-state index contributed by atoms with van der Waals surface area (Å²) in [4.78, 5) is 33.2. The highest BCUT2D eigenvalue weighted by atomic mass is 19.1. The fourth-order valence-electron chi connectivity index (χ4n) is 5.43. The Morgan fingerprint density at radius 2 is 1.57 bits per heavy atom. The number of hydrogen-bond acceptors (Lipinski definition) is 5. The van der Waals surface area contributed by atoms with E-state index in [4.69, 9.17) is 9.47 Å². The summed E-state index contributed by atoms with van der Waals surface area (Å²) in [5.74, 6) is 0.128. The Bertz CT molecular complexity index is 1300. The first-order chi connectivity index (χ1) is 17.9. The van der Waals surface area contributed by atoms with Crippen LogP contribution in [0, 0.1) is 5.82 Å². The van der Waals surface area contributed by atoms with Gasteiger partial charge in [0.25, 0.3) is 5.91 Å². The molecule has 192 valence electrons. The Balaban J connectivity index is 1.48. The number of methoxy groups -OCH3 is 2. The van der Waals surface area contributed by atoms with E-state index in [1.54, 1.807) is 50.4 Å². The highest BCUT2D eigenvalue weighted by Gasteiger charge is 2.44. The summed E-state index contributed by atoms with van der Waals surface area (Å²) in [5, 5.41) is 0. The van der Waals surface area contributed by atoms with E-state index < -0.39 is 12.0 Å². The molecule has 0 unspecified atom stereocenters. The number of fused-ring (bicyclic) bond motifs is 1. The second-order valence-corrected chi connectivity index (χ2v) is 9.33. The molecule has 1 saturated heterocycles. The quantitative estimate of drug-likeness (QED) is 0.525. The average Bonchev–Trinajstić information content (AvgIpc) is 2.94. The molecular weight excluding hydrogens is 473 g/mol. The summed E-state index contributed by atoms with van der Waals surface area (Å²) in [6.07, 6.45) is 0. The zero-order valence-electron chi connectivity index (χ0n) is 21.2. The highest BCUT2D eigenvalue weighted by Crippen LogP contribution is 2.44. The number of amides is 2. The van der Waals surface area contributed by atoms with Crippen molar-refractivity contribution in [1.82, 2.24) is 9.80 Å². The molecule has 8 heteroatoms. The topological polar surface area (TPSA) is 62.3 Å². The van der Waals surface area contributed by atoms with E-state index in [1.807, 2.05) is 35.2 Å². The van der Waals surface area contributed by atoms with E-state index >= 15 is 0 Å². The van der Waals surface area contributed by atoms with E-state index in [1.165, 1.54) is 12.1 Å². The van der Waals surface area contributed by atoms with Gasteiger partial charge in [-0.3, -0.25) is 9.59 Å². The number of piperazine rings is 1. The smallest absolute Gasteiger partial charge is 0.254 e. The van der Waals surface area contributed by atoms with Gasteiger partial charge in [0.05, 0.1) is 26.2 Å². The number of nitrogens with zero attached hydrogens (tertiary/aromatic N) is 3. The van der Waals surface area contributed by atoms with Gasteiger partial charge in [-0.25, -0.2) is 4.39 Å². The third-order valence-electron chi connectivity index (χ3n) is 7.38. The lowest BCUT2D eigenvalue weighted by Gasteiger charge is -2.43. The molecule has 0 bridgehead atoms. The molecule has 1 fully saturated rings. The standard InChI is InChI=1S/C29H30FN3O4/c1-31-27(19-8-13-24(36-2)25(18-19)37-3)26(22-6-4-5-7-23(22)28(31)34)29(35)33-16-14-32(15-17-33)21-11-9-20(30)10-12-21/h4-13,18,26-27H,14-17H2,1-3H3/t26-,27+/m0/s1. The third kappa shape index (κ3) is 4.48. The van der Waals surface area contributed by atoms with Crippen LogP contribution in [0.5, 0.6) is 11.5 Å². The molecule has 0 aliphatic carbocycles. The lowest BCUT2D eigenvalue weighted by molar-refractivity contribution is -0.134. The first-order valence-corrected chi connectivity index (χ1v) is 12.3. The molecule has 3 aromatic carbocycles. The van der Waals surface area contributed by atoms with Crippen LogP contribution in [0.25, 0.3) is 0 Å². The van der Waals surface area contributed by atoms with Crippen molar-refractivity contribution in [2.24, 2.45) is 0 Å². The van der Waals surface area contributed by atoms with Gasteiger partial charge in [-0.1, -0.05) is 24.3 Å². The molecule has 0 spiro atoms. The predicted molar refractivity (Wildman–Crippen MR) is 139 cm³/mol. The van der Waals surface area contributed by atoms with E-state index in [0.29, 0.717) is 43.2 Å². The van der Waals surface area contributed by atoms with Crippen LogP contribution < -0.4 is 14.4 Å². The molecule has 0 aromatic heterocycles. The van der Waals surface area contributed by atoms with Crippen LogP contribution in [0.4, 0.5) is 10.1 Å². The Kier molecular flexibility index (Phi) is 6.74. The Labute approximate surface area is 216 Å². The van der Waals surface area contributed by atoms with Gasteiger partial charge in [-0.2, -0.15) is 0 Å². The summed E-state index contributed by atoms with van der Waals surface area (Å²) >= 11 is 0. The van der Waals surface area contributed by atoms with E-state index in [-0.39, 0.29) is 17.6 Å². The van der Waals surface area contributed by atoms with Crippen molar-refractivity contribution < 1.29 is 23.5 Å². The number of ether oxygens (including phenoxy) is 2. The van der Waals surface area contributed by atoms with Crippen LogP contribution in [0.15, 0.2) is 66.7 Å². The molecule has 0 N–H and O–H groups in total. The van der Waals surface area contributed by atoms with E-state index in [2.05, 4.69) is 4.90 Å². The minimum atomic E-state index is -0.575. The molecule has 0 radical (unpaired) electrons. The molecular formula is C29H30FN3O4. The van der Waals surface area contributed by atoms with Gasteiger partial charge >= 0.3 is 0 Å². The molecule has 2 amide bonds. The van der Waals surface area contributed by atoms with Gasteiger partial charge in [0.2, 0.25) is 5.91 Å². The lowest BCUT2D eigenvalue weighted by atomic mass is 9.79. The summed E-state index contributed by atoms with van der Waals surface area (Å²) < 4.78 is 24.3. The maximum Gasteiger partial charge on any atom is 0.254 e. The SMILES string of the molecule is COc1ccc([C@@H]2[C@@H](C(=O)N3CCN(c4ccc(F)cc4)CC3)c3ccccc3C(=O)N2C)cc1OC. The van der Waals surface area contributed by atoms with Crippen LogP contribution in [-0.4, -0.2) is 69.1 Å². The highest BCUT2D eigenvalue weighted by molar-refractivity contribution is 6.01. The lowest BCUT2D eigenvalue weighted by Crippen LogP contribution is -2.53. The normalized spacial score (nSPS) is 19.5. The van der Waals surface area contributed by atoms with Crippen LogP contribution >= 0.6 is 0 Å². The van der Waals surface area contributed by atoms with Gasteiger partial charge in [0.1, 0.15) is 5.82 Å². The van der Waals surface area contributed by atoms with Gasteiger partial charge in [0, 0.05) is 44.5 Å². The summed E-state index contributed by atoms with van der Waals surface area (Å²) in [5.41, 5.74) is 3.01. The minimum absolute atomic E-state index is 0.0228. The van der Waals surface area contributed by atoms with E-state index in [0.717, 1.165) is 16.8 Å². The van der Waals surface area contributed by atoms with Crippen LogP contribution in [0.2, 0.25) is 0 Å².